The van der Waals surface area contributed by atoms with E-state index in [9.17, 15) is 0 Å². The minimum atomic E-state index is 0.149. The predicted octanol–water partition coefficient (Wildman–Crippen LogP) is 2.47. The predicted molar refractivity (Wildman–Crippen MR) is 79.4 cm³/mol. The van der Waals surface area contributed by atoms with Crippen LogP contribution in [0.1, 0.15) is 37.5 Å². The highest BCUT2D eigenvalue weighted by atomic mass is 16.4. The average Bonchev–Trinajstić information content (AvgIpc) is 2.39. The molecule has 1 aromatic rings. The first kappa shape index (κ1) is 15.5. The van der Waals surface area contributed by atoms with Crippen LogP contribution < -0.4 is 11.1 Å². The molecule has 4 heteroatoms. The Bertz CT molecular complexity index is 441. The monoisotopic (exact) mass is 263 g/mol. The highest BCUT2D eigenvalue weighted by Crippen LogP contribution is 2.12. The second-order valence-electron chi connectivity index (χ2n) is 5.48. The smallest absolute Gasteiger partial charge is 0.170 e. The van der Waals surface area contributed by atoms with E-state index in [0.29, 0.717) is 11.8 Å². The number of nitrogens with two attached hydrogens (primary N) is 1. The lowest BCUT2D eigenvalue weighted by Crippen LogP contribution is -2.24. The molecular weight excluding hydrogens is 238 g/mol. The first-order valence-corrected chi connectivity index (χ1v) is 6.73. The maximum absolute atomic E-state index is 8.65. The van der Waals surface area contributed by atoms with E-state index in [-0.39, 0.29) is 5.84 Å². The topological polar surface area (TPSA) is 70.6 Å². The summed E-state index contributed by atoms with van der Waals surface area (Å²) in [4.78, 5) is 0. The maximum atomic E-state index is 8.65. The molecule has 1 unspecified atom stereocenters. The number of hydrogen-bond acceptors (Lipinski definition) is 3. The van der Waals surface area contributed by atoms with Crippen LogP contribution in [0.2, 0.25) is 0 Å². The molecule has 0 aliphatic carbocycles. The van der Waals surface area contributed by atoms with E-state index in [1.54, 1.807) is 0 Å². The molecule has 0 aromatic heterocycles. The van der Waals surface area contributed by atoms with Crippen molar-refractivity contribution in [2.24, 2.45) is 22.7 Å². The SMILES string of the molecule is Cc1cc(/C(N)=N/O)ccc1CNCC(C)C(C)C. The summed E-state index contributed by atoms with van der Waals surface area (Å²) in [5.41, 5.74) is 8.71. The molecule has 106 valence electrons. The summed E-state index contributed by atoms with van der Waals surface area (Å²) in [6.07, 6.45) is 0. The van der Waals surface area contributed by atoms with Crippen molar-refractivity contribution in [2.75, 3.05) is 6.54 Å². The van der Waals surface area contributed by atoms with Crippen molar-refractivity contribution in [1.29, 1.82) is 0 Å². The lowest BCUT2D eigenvalue weighted by Gasteiger charge is -2.17. The van der Waals surface area contributed by atoms with Crippen LogP contribution in [-0.4, -0.2) is 17.6 Å². The van der Waals surface area contributed by atoms with E-state index in [2.05, 4.69) is 31.2 Å². The molecule has 4 N–H and O–H groups in total. The van der Waals surface area contributed by atoms with Gasteiger partial charge in [-0.05, 0) is 42.5 Å². The quantitative estimate of drug-likeness (QED) is 0.319. The number of rotatable bonds is 6. The average molecular weight is 263 g/mol. The molecule has 1 rings (SSSR count). The molecule has 0 radical (unpaired) electrons. The highest BCUT2D eigenvalue weighted by Gasteiger charge is 2.07. The molecule has 0 bridgehead atoms. The van der Waals surface area contributed by atoms with Crippen molar-refractivity contribution in [3.8, 4) is 0 Å². The van der Waals surface area contributed by atoms with Crippen molar-refractivity contribution >= 4 is 5.84 Å². The molecular formula is C15H25N3O. The minimum Gasteiger partial charge on any atom is -0.409 e. The van der Waals surface area contributed by atoms with Crippen LogP contribution in [0.15, 0.2) is 23.4 Å². The van der Waals surface area contributed by atoms with Crippen molar-refractivity contribution in [3.05, 3.63) is 34.9 Å². The summed E-state index contributed by atoms with van der Waals surface area (Å²) in [5, 5.41) is 15.1. The van der Waals surface area contributed by atoms with E-state index in [0.717, 1.165) is 24.2 Å². The molecule has 0 saturated carbocycles. The molecule has 0 fully saturated rings. The Morgan fingerprint density at radius 1 is 1.37 bits per heavy atom. The normalized spacial score (nSPS) is 13.8. The van der Waals surface area contributed by atoms with Gasteiger partial charge in [0.2, 0.25) is 0 Å². The Kier molecular flexibility index (Phi) is 5.83. The van der Waals surface area contributed by atoms with Gasteiger partial charge in [0.25, 0.3) is 0 Å². The molecule has 19 heavy (non-hydrogen) atoms. The van der Waals surface area contributed by atoms with Gasteiger partial charge in [-0.2, -0.15) is 0 Å². The lowest BCUT2D eigenvalue weighted by atomic mass is 9.98. The van der Waals surface area contributed by atoms with Gasteiger partial charge in [0.05, 0.1) is 0 Å². The number of nitrogens with one attached hydrogen (secondary N) is 1. The molecule has 4 nitrogen and oxygen atoms in total. The number of oxime groups is 1. The van der Waals surface area contributed by atoms with E-state index < -0.39 is 0 Å². The van der Waals surface area contributed by atoms with E-state index in [4.69, 9.17) is 10.9 Å². The van der Waals surface area contributed by atoms with Gasteiger partial charge in [0.15, 0.2) is 5.84 Å². The van der Waals surface area contributed by atoms with Crippen LogP contribution in [0.4, 0.5) is 0 Å². The number of amidine groups is 1. The number of aryl methyl sites for hydroxylation is 1. The van der Waals surface area contributed by atoms with Crippen LogP contribution in [0, 0.1) is 18.8 Å². The zero-order chi connectivity index (χ0) is 14.4. The fourth-order valence-electron chi connectivity index (χ4n) is 1.78. The van der Waals surface area contributed by atoms with Gasteiger partial charge in [-0.1, -0.05) is 38.1 Å². The second-order valence-corrected chi connectivity index (χ2v) is 5.48. The Labute approximate surface area is 115 Å². The summed E-state index contributed by atoms with van der Waals surface area (Å²) in [7, 11) is 0. The van der Waals surface area contributed by atoms with Crippen molar-refractivity contribution in [2.45, 2.75) is 34.2 Å². The van der Waals surface area contributed by atoms with E-state index in [1.165, 1.54) is 5.56 Å². The third-order valence-corrected chi connectivity index (χ3v) is 3.67. The molecule has 0 aliphatic heterocycles. The standard InChI is InChI=1S/C15H25N3O/c1-10(2)12(4)8-17-9-14-6-5-13(7-11(14)3)15(16)18-19/h5-7,10,12,17,19H,8-9H2,1-4H3,(H2,16,18). The molecule has 0 aliphatic rings. The Morgan fingerprint density at radius 2 is 2.05 bits per heavy atom. The van der Waals surface area contributed by atoms with Crippen LogP contribution in [0.5, 0.6) is 0 Å². The summed E-state index contributed by atoms with van der Waals surface area (Å²) in [6, 6.07) is 5.85. The molecule has 0 spiro atoms. The summed E-state index contributed by atoms with van der Waals surface area (Å²) in [5.74, 6) is 1.50. The number of nitrogens with zero attached hydrogens (tertiary/aromatic N) is 1. The molecule has 1 aromatic carbocycles. The fraction of sp³-hybridized carbons (Fsp3) is 0.533. The van der Waals surface area contributed by atoms with Crippen molar-refractivity contribution < 1.29 is 5.21 Å². The van der Waals surface area contributed by atoms with Gasteiger partial charge in [-0.15, -0.1) is 0 Å². The van der Waals surface area contributed by atoms with Crippen molar-refractivity contribution in [3.63, 3.8) is 0 Å². The largest absolute Gasteiger partial charge is 0.409 e. The highest BCUT2D eigenvalue weighted by molar-refractivity contribution is 5.97. The molecule has 1 atom stereocenters. The molecule has 0 saturated heterocycles. The Balaban J connectivity index is 2.61. The maximum Gasteiger partial charge on any atom is 0.170 e. The summed E-state index contributed by atoms with van der Waals surface area (Å²) >= 11 is 0. The zero-order valence-corrected chi connectivity index (χ0v) is 12.3. The molecule has 0 heterocycles. The van der Waals surface area contributed by atoms with Crippen molar-refractivity contribution in [1.82, 2.24) is 5.32 Å². The van der Waals surface area contributed by atoms with Gasteiger partial charge in [-0.25, -0.2) is 0 Å². The first-order chi connectivity index (χ1) is 8.95. The van der Waals surface area contributed by atoms with Gasteiger partial charge < -0.3 is 16.3 Å². The van der Waals surface area contributed by atoms with Crippen LogP contribution in [0.3, 0.4) is 0 Å². The van der Waals surface area contributed by atoms with Crippen LogP contribution in [0.25, 0.3) is 0 Å². The van der Waals surface area contributed by atoms with Gasteiger partial charge >= 0.3 is 0 Å². The first-order valence-electron chi connectivity index (χ1n) is 6.73. The summed E-state index contributed by atoms with van der Waals surface area (Å²) < 4.78 is 0. The third kappa shape index (κ3) is 4.56. The third-order valence-electron chi connectivity index (χ3n) is 3.67. The van der Waals surface area contributed by atoms with Gasteiger partial charge in [0.1, 0.15) is 0 Å². The number of hydrogen-bond donors (Lipinski definition) is 3. The number of benzene rings is 1. The Hall–Kier alpha value is -1.55. The summed E-state index contributed by atoms with van der Waals surface area (Å²) in [6.45, 7) is 10.6. The minimum absolute atomic E-state index is 0.149. The van der Waals surface area contributed by atoms with Crippen LogP contribution in [-0.2, 0) is 6.54 Å². The van der Waals surface area contributed by atoms with E-state index >= 15 is 0 Å². The Morgan fingerprint density at radius 3 is 2.58 bits per heavy atom. The zero-order valence-electron chi connectivity index (χ0n) is 12.3. The van der Waals surface area contributed by atoms with Gasteiger partial charge in [-0.3, -0.25) is 0 Å². The van der Waals surface area contributed by atoms with E-state index in [1.807, 2.05) is 25.1 Å². The molecule has 0 amide bonds. The van der Waals surface area contributed by atoms with Gasteiger partial charge in [0, 0.05) is 12.1 Å². The van der Waals surface area contributed by atoms with Crippen LogP contribution >= 0.6 is 0 Å². The lowest BCUT2D eigenvalue weighted by molar-refractivity contribution is 0.318. The fourth-order valence-corrected chi connectivity index (χ4v) is 1.78. The second kappa shape index (κ2) is 7.14.